The summed E-state index contributed by atoms with van der Waals surface area (Å²) in [5, 5.41) is 18.0. The van der Waals surface area contributed by atoms with Crippen LogP contribution >= 0.6 is 23.1 Å². The molecule has 152 valence electrons. The number of benzene rings is 2. The number of nitrogens with zero attached hydrogens (tertiary/aromatic N) is 1. The Morgan fingerprint density at radius 1 is 0.967 bits per heavy atom. The second-order valence-corrected chi connectivity index (χ2v) is 8.38. The molecule has 0 spiro atoms. The number of para-hydroxylation sites is 1. The fourth-order valence-electron chi connectivity index (χ4n) is 2.58. The van der Waals surface area contributed by atoms with E-state index in [1.165, 1.54) is 11.3 Å². The van der Waals surface area contributed by atoms with Crippen molar-refractivity contribution in [3.05, 3.63) is 82.7 Å². The second-order valence-electron chi connectivity index (χ2n) is 6.19. The average molecular weight is 437 g/mol. The summed E-state index contributed by atoms with van der Waals surface area (Å²) in [6.07, 6.45) is 0. The number of thioether (sulfide) groups is 1. The highest BCUT2D eigenvalue weighted by Crippen LogP contribution is 2.22. The lowest BCUT2D eigenvalue weighted by Gasteiger charge is -2.06. The Labute approximate surface area is 183 Å². The summed E-state index contributed by atoms with van der Waals surface area (Å²) < 4.78 is 0. The summed E-state index contributed by atoms with van der Waals surface area (Å²) >= 11 is 2.88. The predicted octanol–water partition coefficient (Wildman–Crippen LogP) is 4.93. The highest BCUT2D eigenvalue weighted by Gasteiger charge is 2.11. The van der Waals surface area contributed by atoms with Crippen LogP contribution in [0.1, 0.15) is 20.8 Å². The van der Waals surface area contributed by atoms with Crippen LogP contribution in [0.3, 0.4) is 0 Å². The van der Waals surface area contributed by atoms with Crippen LogP contribution in [0.5, 0.6) is 0 Å². The number of anilines is 2. The van der Waals surface area contributed by atoms with E-state index in [0.29, 0.717) is 27.7 Å². The first-order valence-electron chi connectivity index (χ1n) is 9.22. The van der Waals surface area contributed by atoms with Gasteiger partial charge in [0.05, 0.1) is 21.5 Å². The molecule has 0 fully saturated rings. The van der Waals surface area contributed by atoms with Crippen LogP contribution in [0.15, 0.2) is 66.7 Å². The van der Waals surface area contributed by atoms with Gasteiger partial charge in [-0.2, -0.15) is 17.0 Å². The van der Waals surface area contributed by atoms with Gasteiger partial charge in [0.1, 0.15) is 0 Å². The Hall–Kier alpha value is -3.28. The quantitative estimate of drug-likeness (QED) is 0.437. The van der Waals surface area contributed by atoms with Crippen molar-refractivity contribution in [2.24, 2.45) is 0 Å². The smallest absolute Gasteiger partial charge is 0.324 e. The zero-order valence-electron chi connectivity index (χ0n) is 16.1. The van der Waals surface area contributed by atoms with E-state index in [-0.39, 0.29) is 11.9 Å². The normalized spacial score (nSPS) is 10.1. The van der Waals surface area contributed by atoms with E-state index in [1.54, 1.807) is 42.1 Å². The van der Waals surface area contributed by atoms with Gasteiger partial charge in [-0.05, 0) is 35.9 Å². The third-order valence-corrected chi connectivity index (χ3v) is 6.03. The summed E-state index contributed by atoms with van der Waals surface area (Å²) in [6, 6.07) is 21.9. The lowest BCUT2D eigenvalue weighted by Crippen LogP contribution is -2.24. The number of urea groups is 1. The molecule has 6 nitrogen and oxygen atoms in total. The van der Waals surface area contributed by atoms with Gasteiger partial charge in [-0.15, -0.1) is 11.3 Å². The molecule has 30 heavy (non-hydrogen) atoms. The first-order chi connectivity index (χ1) is 14.7. The lowest BCUT2D eigenvalue weighted by molar-refractivity contribution is 0.0960. The molecule has 0 saturated heterocycles. The van der Waals surface area contributed by atoms with Gasteiger partial charge in [-0.25, -0.2) is 4.79 Å². The van der Waals surface area contributed by atoms with Crippen molar-refractivity contribution in [1.82, 2.24) is 5.32 Å². The van der Waals surface area contributed by atoms with Crippen LogP contribution < -0.4 is 16.0 Å². The molecule has 0 aliphatic carbocycles. The molecule has 0 atom stereocenters. The summed E-state index contributed by atoms with van der Waals surface area (Å²) in [4.78, 5) is 24.8. The minimum atomic E-state index is -0.357. The van der Waals surface area contributed by atoms with Crippen molar-refractivity contribution in [3.8, 4) is 6.07 Å². The molecule has 0 radical (unpaired) electrons. The number of rotatable bonds is 8. The molecule has 0 aliphatic heterocycles. The summed E-state index contributed by atoms with van der Waals surface area (Å²) in [7, 11) is 0. The van der Waals surface area contributed by atoms with E-state index >= 15 is 0 Å². The number of nitriles is 1. The number of amides is 3. The summed E-state index contributed by atoms with van der Waals surface area (Å²) in [5.41, 5.74) is 2.38. The maximum atomic E-state index is 12.3. The van der Waals surface area contributed by atoms with E-state index in [4.69, 9.17) is 5.26 Å². The Morgan fingerprint density at radius 2 is 1.73 bits per heavy atom. The first kappa shape index (κ1) is 21.4. The third-order valence-electron chi connectivity index (χ3n) is 4.03. The molecule has 3 aromatic rings. The number of carbonyl (C=O) groups is 2. The standard InChI is InChI=1S/C22H20N4O2S2/c23-14-16-6-4-5-7-17(16)15-29-13-12-24-21(27)19-10-11-20(30-19)26-22(28)25-18-8-2-1-3-9-18/h1-11H,12-13,15H2,(H,24,27)(H2,25,26,28). The third kappa shape index (κ3) is 6.37. The van der Waals surface area contributed by atoms with Crippen LogP contribution in [0.4, 0.5) is 15.5 Å². The minimum Gasteiger partial charge on any atom is -0.351 e. The van der Waals surface area contributed by atoms with E-state index in [0.717, 1.165) is 17.1 Å². The fourth-order valence-corrected chi connectivity index (χ4v) is 4.26. The molecule has 8 heteroatoms. The molecule has 1 aromatic heterocycles. The Kier molecular flexibility index (Phi) is 7.89. The van der Waals surface area contributed by atoms with Gasteiger partial charge in [-0.3, -0.25) is 10.1 Å². The van der Waals surface area contributed by atoms with Gasteiger partial charge in [0.25, 0.3) is 5.91 Å². The molecule has 3 amide bonds. The van der Waals surface area contributed by atoms with Crippen LogP contribution in [0.25, 0.3) is 0 Å². The highest BCUT2D eigenvalue weighted by molar-refractivity contribution is 7.98. The maximum absolute atomic E-state index is 12.3. The summed E-state index contributed by atoms with van der Waals surface area (Å²) in [5.74, 6) is 1.29. The molecule has 3 rings (SSSR count). The molecule has 3 N–H and O–H groups in total. The van der Waals surface area contributed by atoms with Gasteiger partial charge in [0.2, 0.25) is 0 Å². The van der Waals surface area contributed by atoms with Crippen molar-refractivity contribution in [3.63, 3.8) is 0 Å². The molecular formula is C22H20N4O2S2. The van der Waals surface area contributed by atoms with Crippen LogP contribution in [-0.2, 0) is 5.75 Å². The molecule has 0 bridgehead atoms. The first-order valence-corrected chi connectivity index (χ1v) is 11.2. The average Bonchev–Trinajstić information content (AvgIpc) is 3.22. The Balaban J connectivity index is 1.39. The number of hydrogen-bond acceptors (Lipinski definition) is 5. The van der Waals surface area contributed by atoms with Crippen molar-refractivity contribution in [2.75, 3.05) is 22.9 Å². The molecule has 1 heterocycles. The molecule has 0 aliphatic rings. The largest absolute Gasteiger partial charge is 0.351 e. The lowest BCUT2D eigenvalue weighted by atomic mass is 10.1. The van der Waals surface area contributed by atoms with Crippen molar-refractivity contribution < 1.29 is 9.59 Å². The molecular weight excluding hydrogens is 416 g/mol. The van der Waals surface area contributed by atoms with E-state index in [1.807, 2.05) is 36.4 Å². The molecule has 2 aromatic carbocycles. The predicted molar refractivity (Wildman–Crippen MR) is 123 cm³/mol. The number of hydrogen-bond donors (Lipinski definition) is 3. The zero-order chi connectivity index (χ0) is 21.2. The molecule has 0 saturated carbocycles. The maximum Gasteiger partial charge on any atom is 0.324 e. The Morgan fingerprint density at radius 3 is 2.53 bits per heavy atom. The van der Waals surface area contributed by atoms with Gasteiger partial charge in [0.15, 0.2) is 0 Å². The zero-order valence-corrected chi connectivity index (χ0v) is 17.7. The minimum absolute atomic E-state index is 0.172. The number of nitrogens with one attached hydrogen (secondary N) is 3. The van der Waals surface area contributed by atoms with Crippen LogP contribution in [-0.4, -0.2) is 24.2 Å². The summed E-state index contributed by atoms with van der Waals surface area (Å²) in [6.45, 7) is 0.521. The van der Waals surface area contributed by atoms with Gasteiger partial charge < -0.3 is 10.6 Å². The Bertz CT molecular complexity index is 1040. The van der Waals surface area contributed by atoms with Crippen LogP contribution in [0.2, 0.25) is 0 Å². The van der Waals surface area contributed by atoms with Gasteiger partial charge >= 0.3 is 6.03 Å². The highest BCUT2D eigenvalue weighted by atomic mass is 32.2. The van der Waals surface area contributed by atoms with E-state index in [2.05, 4.69) is 22.0 Å². The van der Waals surface area contributed by atoms with Crippen LogP contribution in [0, 0.1) is 11.3 Å². The second kappa shape index (κ2) is 11.0. The monoisotopic (exact) mass is 436 g/mol. The van der Waals surface area contributed by atoms with E-state index < -0.39 is 0 Å². The van der Waals surface area contributed by atoms with Gasteiger partial charge in [0, 0.05) is 23.7 Å². The fraction of sp³-hybridized carbons (Fsp3) is 0.136. The topological polar surface area (TPSA) is 94.0 Å². The van der Waals surface area contributed by atoms with Crippen molar-refractivity contribution >= 4 is 45.7 Å². The van der Waals surface area contributed by atoms with Crippen molar-refractivity contribution in [2.45, 2.75) is 5.75 Å². The van der Waals surface area contributed by atoms with Crippen molar-refractivity contribution in [1.29, 1.82) is 5.26 Å². The molecule has 0 unspecified atom stereocenters. The SMILES string of the molecule is N#Cc1ccccc1CSCCNC(=O)c1ccc(NC(=O)Nc2ccccc2)s1. The van der Waals surface area contributed by atoms with E-state index in [9.17, 15) is 9.59 Å². The number of carbonyl (C=O) groups excluding carboxylic acids is 2. The van der Waals surface area contributed by atoms with Gasteiger partial charge in [-0.1, -0.05) is 36.4 Å². The number of thiophene rings is 1.